The minimum Gasteiger partial charge on any atom is -0.494 e. The second kappa shape index (κ2) is 12.3. The van der Waals surface area contributed by atoms with Crippen molar-refractivity contribution < 1.29 is 32.2 Å². The van der Waals surface area contributed by atoms with Crippen molar-refractivity contribution in [2.45, 2.75) is 29.4 Å². The SMILES string of the molecule is CCCOc1ccc(C2=NN(C(=O)Nc3ccc(C(F)(F)F)cc3)CC2N(C)C(=O)OCC(Cl)(Cl)Cl)cc1. The highest BCUT2D eigenvalue weighted by Gasteiger charge is 2.37. The van der Waals surface area contributed by atoms with Crippen LogP contribution in [-0.4, -0.2) is 64.4 Å². The molecule has 0 spiro atoms. The molecule has 8 nitrogen and oxygen atoms in total. The highest BCUT2D eigenvalue weighted by Crippen LogP contribution is 2.30. The summed E-state index contributed by atoms with van der Waals surface area (Å²) in [5.41, 5.74) is 0.252. The molecule has 0 fully saturated rings. The number of hydrogen-bond donors (Lipinski definition) is 1. The van der Waals surface area contributed by atoms with Crippen LogP contribution in [-0.2, 0) is 10.9 Å². The maximum absolute atomic E-state index is 12.9. The summed E-state index contributed by atoms with van der Waals surface area (Å²) in [6.45, 7) is 1.95. The molecule has 1 atom stereocenters. The summed E-state index contributed by atoms with van der Waals surface area (Å²) >= 11 is 17.0. The average molecular weight is 596 g/mol. The van der Waals surface area contributed by atoms with E-state index in [2.05, 4.69) is 10.4 Å². The number of hydrogen-bond acceptors (Lipinski definition) is 5. The molecule has 3 amide bonds. The van der Waals surface area contributed by atoms with Gasteiger partial charge in [-0.15, -0.1) is 0 Å². The van der Waals surface area contributed by atoms with Gasteiger partial charge in [-0.1, -0.05) is 41.7 Å². The number of carbonyl (C=O) groups excluding carboxylic acids is 2. The number of halogens is 6. The van der Waals surface area contributed by atoms with E-state index >= 15 is 0 Å². The summed E-state index contributed by atoms with van der Waals surface area (Å²) in [5.74, 6) is 0.637. The van der Waals surface area contributed by atoms with Crippen LogP contribution in [0.2, 0.25) is 0 Å². The molecule has 1 unspecified atom stereocenters. The first kappa shape index (κ1) is 29.7. The number of nitrogens with one attached hydrogen (secondary N) is 1. The van der Waals surface area contributed by atoms with Gasteiger partial charge in [-0.2, -0.15) is 18.3 Å². The first-order valence-electron chi connectivity index (χ1n) is 11.3. The Hall–Kier alpha value is -2.89. The molecule has 0 aliphatic carbocycles. The van der Waals surface area contributed by atoms with Crippen LogP contribution in [0.3, 0.4) is 0 Å². The largest absolute Gasteiger partial charge is 0.494 e. The van der Waals surface area contributed by atoms with E-state index in [1.165, 1.54) is 11.9 Å². The van der Waals surface area contributed by atoms with E-state index in [1.54, 1.807) is 24.3 Å². The van der Waals surface area contributed by atoms with Gasteiger partial charge in [-0.3, -0.25) is 0 Å². The molecular weight excluding hydrogens is 572 g/mol. The summed E-state index contributed by atoms with van der Waals surface area (Å²) in [7, 11) is 1.44. The van der Waals surface area contributed by atoms with Crippen molar-refractivity contribution >= 4 is 58.3 Å². The minimum absolute atomic E-state index is 0.0742. The lowest BCUT2D eigenvalue weighted by Gasteiger charge is -2.26. The van der Waals surface area contributed by atoms with Crippen molar-refractivity contribution in [2.75, 3.05) is 32.1 Å². The first-order chi connectivity index (χ1) is 17.8. The number of likely N-dealkylation sites (N-methyl/N-ethyl adjacent to an activating group) is 1. The van der Waals surface area contributed by atoms with Gasteiger partial charge in [-0.25, -0.2) is 14.6 Å². The van der Waals surface area contributed by atoms with Gasteiger partial charge >= 0.3 is 18.3 Å². The normalized spacial score (nSPS) is 15.6. The van der Waals surface area contributed by atoms with E-state index in [0.717, 1.165) is 35.7 Å². The van der Waals surface area contributed by atoms with Crippen molar-refractivity contribution in [2.24, 2.45) is 5.10 Å². The van der Waals surface area contributed by atoms with E-state index in [1.807, 2.05) is 6.92 Å². The summed E-state index contributed by atoms with van der Waals surface area (Å²) < 4.78 is 47.4. The molecule has 2 aromatic carbocycles. The molecule has 3 rings (SSSR count). The number of amides is 3. The van der Waals surface area contributed by atoms with Crippen molar-refractivity contribution in [1.82, 2.24) is 9.91 Å². The summed E-state index contributed by atoms with van der Waals surface area (Å²) in [5, 5.41) is 7.96. The number of urea groups is 1. The van der Waals surface area contributed by atoms with Gasteiger partial charge in [-0.05, 0) is 55.0 Å². The van der Waals surface area contributed by atoms with Gasteiger partial charge in [0.25, 0.3) is 0 Å². The smallest absolute Gasteiger partial charge is 0.416 e. The summed E-state index contributed by atoms with van der Waals surface area (Å²) in [6.07, 6.45) is -4.49. The number of carbonyl (C=O) groups is 2. The highest BCUT2D eigenvalue weighted by atomic mass is 35.6. The monoisotopic (exact) mass is 594 g/mol. The lowest BCUT2D eigenvalue weighted by molar-refractivity contribution is -0.137. The third-order valence-corrected chi connectivity index (χ3v) is 5.65. The van der Waals surface area contributed by atoms with E-state index in [4.69, 9.17) is 44.3 Å². The second-order valence-electron chi connectivity index (χ2n) is 8.24. The Morgan fingerprint density at radius 3 is 2.29 bits per heavy atom. The fourth-order valence-electron chi connectivity index (χ4n) is 3.42. The standard InChI is InChI=1S/C24H24Cl3F3N4O4/c1-3-12-37-18-10-4-15(5-11-18)20-19(33(2)22(36)38-14-23(25,26)27)13-34(32-20)21(35)31-17-8-6-16(7-9-17)24(28,29)30/h4-11,19H,3,12-14H2,1-2H3,(H,31,35). The zero-order valence-corrected chi connectivity index (χ0v) is 22.5. The van der Waals surface area contributed by atoms with Crippen LogP contribution in [0.5, 0.6) is 5.75 Å². The van der Waals surface area contributed by atoms with Gasteiger partial charge in [0.15, 0.2) is 0 Å². The molecule has 38 heavy (non-hydrogen) atoms. The fourth-order valence-corrected chi connectivity index (χ4v) is 3.58. The maximum Gasteiger partial charge on any atom is 0.416 e. The second-order valence-corrected chi connectivity index (χ2v) is 10.8. The number of rotatable bonds is 7. The molecule has 14 heteroatoms. The number of anilines is 1. The van der Waals surface area contributed by atoms with Crippen molar-refractivity contribution in [1.29, 1.82) is 0 Å². The Balaban J connectivity index is 1.81. The van der Waals surface area contributed by atoms with E-state index in [0.29, 0.717) is 23.6 Å². The highest BCUT2D eigenvalue weighted by molar-refractivity contribution is 6.67. The molecule has 1 heterocycles. The topological polar surface area (TPSA) is 83.5 Å². The Morgan fingerprint density at radius 1 is 1.11 bits per heavy atom. The zero-order chi connectivity index (χ0) is 28.1. The predicted octanol–water partition coefficient (Wildman–Crippen LogP) is 6.55. The van der Waals surface area contributed by atoms with Crippen LogP contribution in [0.25, 0.3) is 0 Å². The van der Waals surface area contributed by atoms with Crippen LogP contribution in [0.15, 0.2) is 53.6 Å². The Bertz CT molecular complexity index is 1160. The molecule has 1 aliphatic rings. The average Bonchev–Trinajstić information content (AvgIpc) is 3.31. The Kier molecular flexibility index (Phi) is 9.61. The molecule has 0 bridgehead atoms. The van der Waals surface area contributed by atoms with E-state index in [9.17, 15) is 22.8 Å². The van der Waals surface area contributed by atoms with Crippen molar-refractivity contribution in [3.8, 4) is 5.75 Å². The van der Waals surface area contributed by atoms with Crippen LogP contribution < -0.4 is 10.1 Å². The number of nitrogens with zero attached hydrogens (tertiary/aromatic N) is 3. The van der Waals surface area contributed by atoms with Crippen LogP contribution in [0, 0.1) is 0 Å². The summed E-state index contributed by atoms with van der Waals surface area (Å²) in [6, 6.07) is 9.44. The lowest BCUT2D eigenvalue weighted by atomic mass is 10.0. The summed E-state index contributed by atoms with van der Waals surface area (Å²) in [4.78, 5) is 26.8. The first-order valence-corrected chi connectivity index (χ1v) is 12.5. The molecule has 0 radical (unpaired) electrons. The predicted molar refractivity (Wildman–Crippen MR) is 139 cm³/mol. The molecule has 1 N–H and O–H groups in total. The minimum atomic E-state index is -4.50. The third kappa shape index (κ3) is 8.05. The van der Waals surface area contributed by atoms with Gasteiger partial charge in [0, 0.05) is 18.3 Å². The van der Waals surface area contributed by atoms with Gasteiger partial charge in [0.1, 0.15) is 12.4 Å². The molecule has 0 saturated carbocycles. The Labute approximate surface area is 232 Å². The zero-order valence-electron chi connectivity index (χ0n) is 20.3. The third-order valence-electron chi connectivity index (χ3n) is 5.33. The van der Waals surface area contributed by atoms with E-state index in [-0.39, 0.29) is 12.2 Å². The molecule has 2 aromatic rings. The van der Waals surface area contributed by atoms with Gasteiger partial charge < -0.3 is 19.7 Å². The van der Waals surface area contributed by atoms with Crippen LogP contribution in [0.1, 0.15) is 24.5 Å². The number of hydrazone groups is 1. The Morgan fingerprint density at radius 2 is 1.74 bits per heavy atom. The molecule has 0 saturated heterocycles. The van der Waals surface area contributed by atoms with Crippen molar-refractivity contribution in [3.05, 3.63) is 59.7 Å². The van der Waals surface area contributed by atoms with Crippen LogP contribution >= 0.6 is 34.8 Å². The van der Waals surface area contributed by atoms with Crippen molar-refractivity contribution in [3.63, 3.8) is 0 Å². The molecular formula is C24H24Cl3F3N4O4. The fraction of sp³-hybridized carbons (Fsp3) is 0.375. The quantitative estimate of drug-likeness (QED) is 0.368. The van der Waals surface area contributed by atoms with Gasteiger partial charge in [0.2, 0.25) is 3.79 Å². The molecule has 0 aromatic heterocycles. The lowest BCUT2D eigenvalue weighted by Crippen LogP contribution is -2.46. The number of alkyl halides is 6. The number of benzene rings is 2. The van der Waals surface area contributed by atoms with Gasteiger partial charge in [0.05, 0.1) is 30.5 Å². The number of ether oxygens (including phenoxy) is 2. The molecule has 206 valence electrons. The molecule has 1 aliphatic heterocycles. The maximum atomic E-state index is 12.9. The van der Waals surface area contributed by atoms with Crippen LogP contribution in [0.4, 0.5) is 28.4 Å². The van der Waals surface area contributed by atoms with E-state index < -0.39 is 40.3 Å².